The third-order valence-electron chi connectivity index (χ3n) is 2.47. The van der Waals surface area contributed by atoms with E-state index in [9.17, 15) is 9.59 Å². The van der Waals surface area contributed by atoms with Crippen molar-refractivity contribution in [2.24, 2.45) is 10.9 Å². The quantitative estimate of drug-likeness (QED) is 0.369. The van der Waals surface area contributed by atoms with E-state index in [2.05, 4.69) is 23.5 Å². The van der Waals surface area contributed by atoms with Gasteiger partial charge in [0.1, 0.15) is 6.29 Å². The molecule has 1 saturated heterocycles. The van der Waals surface area contributed by atoms with E-state index in [4.69, 9.17) is 0 Å². The maximum absolute atomic E-state index is 11.5. The molecule has 0 bridgehead atoms. The second kappa shape index (κ2) is 14.4. The van der Waals surface area contributed by atoms with Crippen molar-refractivity contribution in [1.82, 2.24) is 5.32 Å². The first-order chi connectivity index (χ1) is 9.27. The van der Waals surface area contributed by atoms with Crippen molar-refractivity contribution in [3.05, 3.63) is 24.9 Å². The minimum Gasteiger partial charge on any atom is -0.352 e. The van der Waals surface area contributed by atoms with E-state index in [0.717, 1.165) is 12.7 Å². The number of rotatable bonds is 3. The summed E-state index contributed by atoms with van der Waals surface area (Å²) in [5, 5.41) is 2.80. The molecule has 4 heteroatoms. The van der Waals surface area contributed by atoms with Gasteiger partial charge in [-0.2, -0.15) is 0 Å². The smallest absolute Gasteiger partial charge is 0.248 e. The third-order valence-corrected chi connectivity index (χ3v) is 2.47. The van der Waals surface area contributed by atoms with E-state index in [1.54, 1.807) is 19.3 Å². The lowest BCUT2D eigenvalue weighted by Gasteiger charge is -2.08. The number of hydrogen-bond donors (Lipinski definition) is 1. The summed E-state index contributed by atoms with van der Waals surface area (Å²) in [7, 11) is 0. The Morgan fingerprint density at radius 1 is 1.42 bits per heavy atom. The number of nitrogens with one attached hydrogen (secondary N) is 1. The fourth-order valence-corrected chi connectivity index (χ4v) is 1.55. The summed E-state index contributed by atoms with van der Waals surface area (Å²) in [5.41, 5.74) is 0.696. The molecule has 1 heterocycles. The first-order valence-corrected chi connectivity index (χ1v) is 6.66. The van der Waals surface area contributed by atoms with Crippen molar-refractivity contribution in [3.8, 4) is 0 Å². The van der Waals surface area contributed by atoms with Crippen molar-refractivity contribution in [2.75, 3.05) is 6.54 Å². The highest BCUT2D eigenvalue weighted by atomic mass is 16.1. The summed E-state index contributed by atoms with van der Waals surface area (Å²) < 4.78 is 0. The fraction of sp³-hybridized carbons (Fsp3) is 0.533. The van der Waals surface area contributed by atoms with Crippen molar-refractivity contribution in [1.29, 1.82) is 0 Å². The summed E-state index contributed by atoms with van der Waals surface area (Å²) in [4.78, 5) is 25.8. The molecule has 1 fully saturated rings. The second-order valence-electron chi connectivity index (χ2n) is 3.58. The third kappa shape index (κ3) is 8.94. The first kappa shape index (κ1) is 19.6. The van der Waals surface area contributed by atoms with Gasteiger partial charge in [0, 0.05) is 31.0 Å². The minimum atomic E-state index is -0.0611. The molecule has 1 amide bonds. The Morgan fingerprint density at radius 2 is 2.05 bits per heavy atom. The molecule has 19 heavy (non-hydrogen) atoms. The summed E-state index contributed by atoms with van der Waals surface area (Å²) in [6, 6.07) is 0. The molecule has 1 atom stereocenters. The van der Waals surface area contributed by atoms with Crippen LogP contribution in [0.15, 0.2) is 29.9 Å². The van der Waals surface area contributed by atoms with Crippen LogP contribution >= 0.6 is 0 Å². The van der Waals surface area contributed by atoms with Gasteiger partial charge in [0.2, 0.25) is 5.91 Å². The van der Waals surface area contributed by atoms with Crippen LogP contribution < -0.4 is 5.32 Å². The number of carbonyl (C=O) groups excluding carboxylic acids is 2. The van der Waals surface area contributed by atoms with Crippen LogP contribution in [0.5, 0.6) is 0 Å². The highest BCUT2D eigenvalue weighted by Crippen LogP contribution is 2.18. The average molecular weight is 266 g/mol. The Bertz CT molecular complexity index is 309. The van der Waals surface area contributed by atoms with Crippen LogP contribution in [-0.4, -0.2) is 25.0 Å². The molecular formula is C15H26N2O2. The lowest BCUT2D eigenvalue weighted by atomic mass is 9.99. The molecule has 0 radical (unpaired) electrons. The van der Waals surface area contributed by atoms with Crippen LogP contribution in [0.4, 0.5) is 0 Å². The molecule has 0 aromatic carbocycles. The zero-order valence-corrected chi connectivity index (χ0v) is 12.3. The van der Waals surface area contributed by atoms with E-state index in [1.165, 1.54) is 0 Å². The molecule has 1 rings (SSSR count). The van der Waals surface area contributed by atoms with Gasteiger partial charge in [-0.15, -0.1) is 13.2 Å². The van der Waals surface area contributed by atoms with Gasteiger partial charge >= 0.3 is 0 Å². The van der Waals surface area contributed by atoms with Gasteiger partial charge < -0.3 is 10.1 Å². The maximum Gasteiger partial charge on any atom is 0.248 e. The van der Waals surface area contributed by atoms with E-state index >= 15 is 0 Å². The van der Waals surface area contributed by atoms with Crippen molar-refractivity contribution < 1.29 is 9.59 Å². The minimum absolute atomic E-state index is 0.0611. The second-order valence-corrected chi connectivity index (χ2v) is 3.58. The molecule has 0 saturated carbocycles. The summed E-state index contributed by atoms with van der Waals surface area (Å²) in [5.74, 6) is 0.206. The Morgan fingerprint density at radius 3 is 2.58 bits per heavy atom. The topological polar surface area (TPSA) is 58.5 Å². The molecule has 1 aliphatic heterocycles. The number of nitrogens with zero attached hydrogens (tertiary/aromatic N) is 1. The predicted molar refractivity (Wildman–Crippen MR) is 81.3 cm³/mol. The van der Waals surface area contributed by atoms with Gasteiger partial charge in [-0.3, -0.25) is 9.79 Å². The van der Waals surface area contributed by atoms with Gasteiger partial charge in [0.05, 0.1) is 0 Å². The normalized spacial score (nSPS) is 20.5. The standard InChI is InChI=1S/C11H16N2O2.C2H6.C2H4/c1-2-12-8-10-4-3-9(5-6-14)7-13-11(10)15;2*1-2/h2,6,8-9H,3-5,7H2,1H3,(H,13,15);1-2H3;1-2H2/b10-8+,12-2?;;. The Hall–Kier alpha value is -1.71. The summed E-state index contributed by atoms with van der Waals surface area (Å²) in [6.45, 7) is 12.4. The Labute approximate surface area is 116 Å². The molecule has 4 nitrogen and oxygen atoms in total. The number of carbonyl (C=O) groups is 2. The monoisotopic (exact) mass is 266 g/mol. The van der Waals surface area contributed by atoms with Gasteiger partial charge in [-0.1, -0.05) is 13.8 Å². The number of amides is 1. The van der Waals surface area contributed by atoms with Crippen LogP contribution in [0.3, 0.4) is 0 Å². The lowest BCUT2D eigenvalue weighted by Crippen LogP contribution is -2.27. The van der Waals surface area contributed by atoms with Crippen LogP contribution in [-0.2, 0) is 9.59 Å². The van der Waals surface area contributed by atoms with E-state index in [0.29, 0.717) is 25.0 Å². The SMILES string of the molecule is C=C.CC.CC=N/C=C1\CCC(CC=O)CNC1=O. The van der Waals surface area contributed by atoms with Gasteiger partial charge in [-0.05, 0) is 25.7 Å². The van der Waals surface area contributed by atoms with Gasteiger partial charge in [-0.25, -0.2) is 0 Å². The fourth-order valence-electron chi connectivity index (χ4n) is 1.55. The van der Waals surface area contributed by atoms with Crippen molar-refractivity contribution in [2.45, 2.75) is 40.0 Å². The van der Waals surface area contributed by atoms with Gasteiger partial charge in [0.15, 0.2) is 0 Å². The van der Waals surface area contributed by atoms with Crippen molar-refractivity contribution in [3.63, 3.8) is 0 Å². The summed E-state index contributed by atoms with van der Waals surface area (Å²) >= 11 is 0. The number of aldehydes is 1. The molecule has 0 spiro atoms. The number of hydrogen-bond acceptors (Lipinski definition) is 3. The molecule has 0 aromatic rings. The highest BCUT2D eigenvalue weighted by Gasteiger charge is 2.19. The van der Waals surface area contributed by atoms with E-state index < -0.39 is 0 Å². The molecule has 108 valence electrons. The first-order valence-electron chi connectivity index (χ1n) is 6.66. The lowest BCUT2D eigenvalue weighted by molar-refractivity contribution is -0.117. The Balaban J connectivity index is 0. The van der Waals surface area contributed by atoms with E-state index in [-0.39, 0.29) is 11.8 Å². The maximum atomic E-state index is 11.5. The molecule has 0 aromatic heterocycles. The molecule has 1 aliphatic rings. The highest BCUT2D eigenvalue weighted by molar-refractivity contribution is 5.93. The largest absolute Gasteiger partial charge is 0.352 e. The number of aliphatic imine (C=N–C) groups is 1. The predicted octanol–water partition coefficient (Wildman–Crippen LogP) is 2.90. The molecular weight excluding hydrogens is 240 g/mol. The molecule has 1 N–H and O–H groups in total. The van der Waals surface area contributed by atoms with Crippen molar-refractivity contribution >= 4 is 18.4 Å². The zero-order valence-electron chi connectivity index (χ0n) is 12.3. The van der Waals surface area contributed by atoms with Gasteiger partial charge in [0.25, 0.3) is 0 Å². The average Bonchev–Trinajstić information content (AvgIpc) is 2.64. The zero-order chi connectivity index (χ0) is 15.1. The van der Waals surface area contributed by atoms with Crippen LogP contribution in [0, 0.1) is 5.92 Å². The Kier molecular flexibility index (Phi) is 14.8. The molecule has 1 unspecified atom stereocenters. The van der Waals surface area contributed by atoms with Crippen LogP contribution in [0.1, 0.15) is 40.0 Å². The van der Waals surface area contributed by atoms with Crippen LogP contribution in [0.2, 0.25) is 0 Å². The van der Waals surface area contributed by atoms with E-state index in [1.807, 2.05) is 13.8 Å². The summed E-state index contributed by atoms with van der Waals surface area (Å²) in [6.07, 6.45) is 6.23. The molecule has 0 aliphatic carbocycles. The van der Waals surface area contributed by atoms with Crippen LogP contribution in [0.25, 0.3) is 0 Å².